The van der Waals surface area contributed by atoms with Gasteiger partial charge in [0.25, 0.3) is 0 Å². The van der Waals surface area contributed by atoms with Gasteiger partial charge >= 0.3 is 5.97 Å². The van der Waals surface area contributed by atoms with Gasteiger partial charge in [0.1, 0.15) is 11.5 Å². The molecule has 2 N–H and O–H groups in total. The van der Waals surface area contributed by atoms with E-state index in [0.29, 0.717) is 18.8 Å². The van der Waals surface area contributed by atoms with Crippen molar-refractivity contribution >= 4 is 5.97 Å². The Kier molecular flexibility index (Phi) is 3.24. The quantitative estimate of drug-likeness (QED) is 0.819. The van der Waals surface area contributed by atoms with Gasteiger partial charge in [-0.3, -0.25) is 0 Å². The van der Waals surface area contributed by atoms with E-state index in [2.05, 4.69) is 10.5 Å². The second kappa shape index (κ2) is 4.84. The Hall–Kier alpha value is -2.08. The Labute approximate surface area is 97.2 Å². The Morgan fingerprint density at radius 3 is 2.76 bits per heavy atom. The Balaban J connectivity index is 1.83. The van der Waals surface area contributed by atoms with Gasteiger partial charge in [0.15, 0.2) is 11.5 Å². The maximum Gasteiger partial charge on any atom is 0.358 e. The maximum atomic E-state index is 10.6. The molecule has 0 fully saturated rings. The summed E-state index contributed by atoms with van der Waals surface area (Å²) in [7, 11) is 0. The molecule has 0 spiro atoms. The van der Waals surface area contributed by atoms with E-state index in [-0.39, 0.29) is 5.69 Å². The minimum absolute atomic E-state index is 0.0874. The van der Waals surface area contributed by atoms with Gasteiger partial charge in [0.05, 0.1) is 13.1 Å². The van der Waals surface area contributed by atoms with E-state index in [0.717, 1.165) is 11.5 Å². The average molecular weight is 236 g/mol. The fourth-order valence-electron chi connectivity index (χ4n) is 1.39. The summed E-state index contributed by atoms with van der Waals surface area (Å²) in [5.41, 5.74) is -0.0874. The summed E-state index contributed by atoms with van der Waals surface area (Å²) < 4.78 is 10.2. The summed E-state index contributed by atoms with van der Waals surface area (Å²) >= 11 is 0. The average Bonchev–Trinajstić information content (AvgIpc) is 2.88. The molecule has 2 rings (SSSR count). The molecule has 0 aromatic carbocycles. The minimum Gasteiger partial charge on any atom is -0.476 e. The predicted molar refractivity (Wildman–Crippen MR) is 57.5 cm³/mol. The third-order valence-electron chi connectivity index (χ3n) is 2.17. The largest absolute Gasteiger partial charge is 0.476 e. The number of aromatic carboxylic acids is 1. The van der Waals surface area contributed by atoms with Gasteiger partial charge in [-0.15, -0.1) is 0 Å². The molecule has 90 valence electrons. The van der Waals surface area contributed by atoms with Crippen molar-refractivity contribution in [3.8, 4) is 0 Å². The fourth-order valence-corrected chi connectivity index (χ4v) is 1.39. The van der Waals surface area contributed by atoms with Crippen molar-refractivity contribution < 1.29 is 18.8 Å². The second-order valence-electron chi connectivity index (χ2n) is 3.60. The minimum atomic E-state index is -1.10. The van der Waals surface area contributed by atoms with E-state index < -0.39 is 5.97 Å². The van der Waals surface area contributed by atoms with Crippen molar-refractivity contribution in [2.75, 3.05) is 0 Å². The van der Waals surface area contributed by atoms with Gasteiger partial charge in [0, 0.05) is 6.07 Å². The van der Waals surface area contributed by atoms with Crippen molar-refractivity contribution in [2.24, 2.45) is 0 Å². The smallest absolute Gasteiger partial charge is 0.358 e. The molecule has 0 radical (unpaired) electrons. The van der Waals surface area contributed by atoms with Crippen molar-refractivity contribution in [1.29, 1.82) is 0 Å². The first kappa shape index (κ1) is 11.4. The van der Waals surface area contributed by atoms with Crippen LogP contribution in [0, 0.1) is 6.92 Å². The lowest BCUT2D eigenvalue weighted by Gasteiger charge is -1.98. The SMILES string of the molecule is Cc1ccc(CNCc2cc(C(=O)O)no2)o1. The highest BCUT2D eigenvalue weighted by molar-refractivity contribution is 5.85. The van der Waals surface area contributed by atoms with Crippen LogP contribution in [0.3, 0.4) is 0 Å². The zero-order valence-electron chi connectivity index (χ0n) is 9.27. The van der Waals surface area contributed by atoms with E-state index in [1.807, 2.05) is 19.1 Å². The number of carboxylic acids is 1. The van der Waals surface area contributed by atoms with Crippen LogP contribution in [0.25, 0.3) is 0 Å². The summed E-state index contributed by atoms with van der Waals surface area (Å²) in [6.45, 7) is 2.83. The standard InChI is InChI=1S/C11H12N2O4/c1-7-2-3-8(16-7)5-12-6-9-4-10(11(14)15)13-17-9/h2-4,12H,5-6H2,1H3,(H,14,15). The van der Waals surface area contributed by atoms with Crippen molar-refractivity contribution in [3.63, 3.8) is 0 Å². The highest BCUT2D eigenvalue weighted by atomic mass is 16.5. The van der Waals surface area contributed by atoms with Gasteiger partial charge in [-0.05, 0) is 19.1 Å². The normalized spacial score (nSPS) is 10.6. The number of hydrogen-bond donors (Lipinski definition) is 2. The molecule has 6 nitrogen and oxygen atoms in total. The number of nitrogens with zero attached hydrogens (tertiary/aromatic N) is 1. The van der Waals surface area contributed by atoms with Crippen LogP contribution in [0.4, 0.5) is 0 Å². The van der Waals surface area contributed by atoms with Gasteiger partial charge in [-0.25, -0.2) is 4.79 Å². The number of hydrogen-bond acceptors (Lipinski definition) is 5. The Morgan fingerprint density at radius 2 is 2.18 bits per heavy atom. The molecule has 0 aliphatic carbocycles. The van der Waals surface area contributed by atoms with Gasteiger partial charge in [-0.2, -0.15) is 0 Å². The summed E-state index contributed by atoms with van der Waals surface area (Å²) in [4.78, 5) is 10.6. The molecule has 17 heavy (non-hydrogen) atoms. The van der Waals surface area contributed by atoms with E-state index in [4.69, 9.17) is 14.0 Å². The molecule has 0 saturated heterocycles. The highest BCUT2D eigenvalue weighted by Gasteiger charge is 2.10. The van der Waals surface area contributed by atoms with Crippen LogP contribution in [0.5, 0.6) is 0 Å². The Bertz CT molecular complexity index is 515. The lowest BCUT2D eigenvalue weighted by Crippen LogP contribution is -2.11. The van der Waals surface area contributed by atoms with Crippen LogP contribution in [-0.4, -0.2) is 16.2 Å². The number of rotatable bonds is 5. The fraction of sp³-hybridized carbons (Fsp3) is 0.273. The molecule has 0 atom stereocenters. The molecule has 2 aromatic rings. The summed E-state index contributed by atoms with van der Waals surface area (Å²) in [6.07, 6.45) is 0. The van der Waals surface area contributed by atoms with E-state index in [1.54, 1.807) is 0 Å². The van der Waals surface area contributed by atoms with Crippen LogP contribution in [0.1, 0.15) is 27.8 Å². The topological polar surface area (TPSA) is 88.5 Å². The number of furan rings is 1. The summed E-state index contributed by atoms with van der Waals surface area (Å²) in [5, 5.41) is 15.1. The number of aryl methyl sites for hydroxylation is 1. The number of aromatic nitrogens is 1. The maximum absolute atomic E-state index is 10.6. The molecule has 0 aliphatic rings. The molecule has 0 saturated carbocycles. The van der Waals surface area contributed by atoms with Gasteiger partial charge in [0.2, 0.25) is 0 Å². The van der Waals surface area contributed by atoms with Crippen LogP contribution in [0.15, 0.2) is 27.1 Å². The molecule has 0 unspecified atom stereocenters. The molecule has 2 aromatic heterocycles. The van der Waals surface area contributed by atoms with Crippen LogP contribution in [0.2, 0.25) is 0 Å². The molecular weight excluding hydrogens is 224 g/mol. The van der Waals surface area contributed by atoms with Crippen molar-refractivity contribution in [3.05, 3.63) is 41.2 Å². The van der Waals surface area contributed by atoms with Crippen LogP contribution >= 0.6 is 0 Å². The van der Waals surface area contributed by atoms with Crippen LogP contribution < -0.4 is 5.32 Å². The first-order valence-electron chi connectivity index (χ1n) is 5.10. The third-order valence-corrected chi connectivity index (χ3v) is 2.17. The van der Waals surface area contributed by atoms with Gasteiger partial charge in [-0.1, -0.05) is 5.16 Å². The summed E-state index contributed by atoms with van der Waals surface area (Å²) in [6, 6.07) is 5.15. The van der Waals surface area contributed by atoms with Crippen LogP contribution in [-0.2, 0) is 13.1 Å². The molecule has 2 heterocycles. The third kappa shape index (κ3) is 2.94. The van der Waals surface area contributed by atoms with Gasteiger partial charge < -0.3 is 19.4 Å². The number of carboxylic acid groups (broad SMARTS) is 1. The monoisotopic (exact) mass is 236 g/mol. The van der Waals surface area contributed by atoms with Crippen molar-refractivity contribution in [2.45, 2.75) is 20.0 Å². The lowest BCUT2D eigenvalue weighted by atomic mass is 10.3. The Morgan fingerprint density at radius 1 is 1.41 bits per heavy atom. The number of carbonyl (C=O) groups is 1. The summed E-state index contributed by atoms with van der Waals surface area (Å²) in [5.74, 6) is 1.06. The van der Waals surface area contributed by atoms with Crippen molar-refractivity contribution in [1.82, 2.24) is 10.5 Å². The number of nitrogens with one attached hydrogen (secondary N) is 1. The zero-order chi connectivity index (χ0) is 12.3. The highest BCUT2D eigenvalue weighted by Crippen LogP contribution is 2.07. The molecule has 0 bridgehead atoms. The molecule has 6 heteroatoms. The van der Waals surface area contributed by atoms with E-state index in [9.17, 15) is 4.79 Å². The first-order chi connectivity index (χ1) is 8.15. The lowest BCUT2D eigenvalue weighted by molar-refractivity contribution is 0.0685. The van der Waals surface area contributed by atoms with E-state index >= 15 is 0 Å². The molecule has 0 amide bonds. The molecular formula is C11H12N2O4. The zero-order valence-corrected chi connectivity index (χ0v) is 9.27. The first-order valence-corrected chi connectivity index (χ1v) is 5.10. The second-order valence-corrected chi connectivity index (χ2v) is 3.60. The van der Waals surface area contributed by atoms with E-state index in [1.165, 1.54) is 6.07 Å². The molecule has 0 aliphatic heterocycles. The predicted octanol–water partition coefficient (Wildman–Crippen LogP) is 1.56.